The first-order chi connectivity index (χ1) is 16.1. The van der Waals surface area contributed by atoms with E-state index >= 15 is 0 Å². The van der Waals surface area contributed by atoms with Gasteiger partial charge >= 0.3 is 6.18 Å². The monoisotopic (exact) mass is 493 g/mol. The average Bonchev–Trinajstić information content (AvgIpc) is 3.23. The van der Waals surface area contributed by atoms with Crippen LogP contribution < -0.4 is 20.1 Å². The van der Waals surface area contributed by atoms with Crippen molar-refractivity contribution in [3.8, 4) is 11.5 Å². The van der Waals surface area contributed by atoms with Crippen molar-refractivity contribution in [1.82, 2.24) is 14.8 Å². The Bertz CT molecular complexity index is 1270. The standard InChI is InChI=1S/C22H19ClF3N5O3/c1-11-17(19(32)28-14-7-5-13(23)6-8-14)18(12-4-9-15(33-2)16(10-12)34-3)31-21(27-11)29-20(30-31)22(24,25)26/h4-10,18H,1-3H3,(H,28,32)(H,27,29,30)/t18-/m1/s1. The normalized spacial score (nSPS) is 15.4. The summed E-state index contributed by atoms with van der Waals surface area (Å²) in [7, 11) is 2.89. The van der Waals surface area contributed by atoms with Crippen LogP contribution in [0.25, 0.3) is 0 Å². The van der Waals surface area contributed by atoms with E-state index in [0.717, 1.165) is 4.68 Å². The van der Waals surface area contributed by atoms with Crippen LogP contribution in [-0.4, -0.2) is 34.9 Å². The van der Waals surface area contributed by atoms with Gasteiger partial charge in [-0.25, -0.2) is 4.68 Å². The summed E-state index contributed by atoms with van der Waals surface area (Å²) in [5, 5.41) is 9.68. The van der Waals surface area contributed by atoms with Gasteiger partial charge in [-0.05, 0) is 48.9 Å². The number of benzene rings is 2. The molecular weight excluding hydrogens is 475 g/mol. The zero-order valence-electron chi connectivity index (χ0n) is 18.2. The molecule has 2 aromatic carbocycles. The molecule has 4 rings (SSSR count). The van der Waals surface area contributed by atoms with Gasteiger partial charge < -0.3 is 20.1 Å². The van der Waals surface area contributed by atoms with Gasteiger partial charge in [-0.2, -0.15) is 18.2 Å². The molecule has 12 heteroatoms. The topological polar surface area (TPSA) is 90.3 Å². The van der Waals surface area contributed by atoms with Gasteiger partial charge in [-0.15, -0.1) is 5.10 Å². The predicted molar refractivity (Wildman–Crippen MR) is 119 cm³/mol. The smallest absolute Gasteiger partial charge is 0.453 e. The van der Waals surface area contributed by atoms with Gasteiger partial charge in [0.05, 0.1) is 19.8 Å². The first-order valence-corrected chi connectivity index (χ1v) is 10.3. The lowest BCUT2D eigenvalue weighted by molar-refractivity contribution is -0.145. The number of carbonyl (C=O) groups is 1. The summed E-state index contributed by atoms with van der Waals surface area (Å²) in [6, 6.07) is 10.2. The molecule has 178 valence electrons. The van der Waals surface area contributed by atoms with E-state index in [-0.39, 0.29) is 11.5 Å². The van der Waals surface area contributed by atoms with Crippen molar-refractivity contribution >= 4 is 29.1 Å². The molecule has 3 aromatic rings. The summed E-state index contributed by atoms with van der Waals surface area (Å²) in [4.78, 5) is 16.9. The molecule has 0 aliphatic carbocycles. The van der Waals surface area contributed by atoms with Crippen molar-refractivity contribution in [3.63, 3.8) is 0 Å². The number of hydrogen-bond acceptors (Lipinski definition) is 6. The minimum absolute atomic E-state index is 0.146. The summed E-state index contributed by atoms with van der Waals surface area (Å²) in [5.74, 6) is -1.25. The van der Waals surface area contributed by atoms with E-state index in [2.05, 4.69) is 20.7 Å². The van der Waals surface area contributed by atoms with Crippen molar-refractivity contribution in [1.29, 1.82) is 0 Å². The number of anilines is 2. The molecule has 1 aliphatic rings. The second kappa shape index (κ2) is 8.90. The van der Waals surface area contributed by atoms with Crippen molar-refractivity contribution in [2.24, 2.45) is 0 Å². The van der Waals surface area contributed by atoms with Crippen LogP contribution >= 0.6 is 11.6 Å². The highest BCUT2D eigenvalue weighted by Gasteiger charge is 2.41. The Hall–Kier alpha value is -3.73. The van der Waals surface area contributed by atoms with Gasteiger partial charge in [0.25, 0.3) is 11.7 Å². The Balaban J connectivity index is 1.84. The molecule has 0 saturated carbocycles. The van der Waals surface area contributed by atoms with Gasteiger partial charge in [0, 0.05) is 16.4 Å². The molecule has 34 heavy (non-hydrogen) atoms. The van der Waals surface area contributed by atoms with E-state index in [1.807, 2.05) is 0 Å². The number of aromatic nitrogens is 3. The van der Waals surface area contributed by atoms with E-state index < -0.39 is 23.9 Å². The molecule has 0 radical (unpaired) electrons. The van der Waals surface area contributed by atoms with Crippen LogP contribution in [0.4, 0.5) is 24.8 Å². The van der Waals surface area contributed by atoms with Crippen molar-refractivity contribution in [3.05, 3.63) is 70.1 Å². The van der Waals surface area contributed by atoms with Crippen molar-refractivity contribution < 1.29 is 27.4 Å². The van der Waals surface area contributed by atoms with E-state index in [1.165, 1.54) is 14.2 Å². The molecule has 1 atom stereocenters. The average molecular weight is 494 g/mol. The van der Waals surface area contributed by atoms with Crippen LogP contribution in [0.2, 0.25) is 5.02 Å². The third kappa shape index (κ3) is 4.38. The number of rotatable bonds is 5. The maximum atomic E-state index is 13.4. The third-order valence-corrected chi connectivity index (χ3v) is 5.43. The number of ether oxygens (including phenoxy) is 2. The number of nitrogens with one attached hydrogen (secondary N) is 2. The summed E-state index contributed by atoms with van der Waals surface area (Å²) in [6.45, 7) is 1.58. The van der Waals surface area contributed by atoms with Gasteiger partial charge in [0.2, 0.25) is 5.95 Å². The third-order valence-electron chi connectivity index (χ3n) is 5.18. The number of nitrogens with zero attached hydrogens (tertiary/aromatic N) is 3. The number of methoxy groups -OCH3 is 2. The Labute approximate surface area is 197 Å². The second-order valence-corrected chi connectivity index (χ2v) is 7.78. The summed E-state index contributed by atoms with van der Waals surface area (Å²) in [5.41, 5.74) is 1.37. The highest BCUT2D eigenvalue weighted by Crippen LogP contribution is 2.40. The highest BCUT2D eigenvalue weighted by atomic mass is 35.5. The Kier molecular flexibility index (Phi) is 6.13. The zero-order valence-corrected chi connectivity index (χ0v) is 19.0. The van der Waals surface area contributed by atoms with E-state index in [1.54, 1.807) is 49.4 Å². The van der Waals surface area contributed by atoms with Crippen LogP contribution in [0.5, 0.6) is 11.5 Å². The van der Waals surface area contributed by atoms with Gasteiger partial charge in [0.1, 0.15) is 6.04 Å². The van der Waals surface area contributed by atoms with Crippen LogP contribution in [0.15, 0.2) is 53.7 Å². The fraction of sp³-hybridized carbons (Fsp3) is 0.227. The summed E-state index contributed by atoms with van der Waals surface area (Å²) in [6.07, 6.45) is -4.77. The van der Waals surface area contributed by atoms with Crippen LogP contribution in [-0.2, 0) is 11.0 Å². The lowest BCUT2D eigenvalue weighted by atomic mass is 9.94. The molecule has 0 saturated heterocycles. The quantitative estimate of drug-likeness (QED) is 0.525. The number of allylic oxidation sites excluding steroid dienone is 1. The van der Waals surface area contributed by atoms with Crippen LogP contribution in [0.3, 0.4) is 0 Å². The molecule has 1 aromatic heterocycles. The van der Waals surface area contributed by atoms with E-state index in [4.69, 9.17) is 21.1 Å². The fourth-order valence-electron chi connectivity index (χ4n) is 3.63. The maximum absolute atomic E-state index is 13.4. The molecule has 2 heterocycles. The van der Waals surface area contributed by atoms with Gasteiger partial charge in [0.15, 0.2) is 11.5 Å². The Morgan fingerprint density at radius 1 is 1.12 bits per heavy atom. The zero-order chi connectivity index (χ0) is 24.6. The van der Waals surface area contributed by atoms with E-state index in [9.17, 15) is 18.0 Å². The Morgan fingerprint density at radius 3 is 2.41 bits per heavy atom. The van der Waals surface area contributed by atoms with Crippen LogP contribution in [0.1, 0.15) is 24.4 Å². The van der Waals surface area contributed by atoms with Crippen molar-refractivity contribution in [2.75, 3.05) is 24.9 Å². The number of halogens is 4. The number of carbonyl (C=O) groups excluding carboxylic acids is 1. The molecule has 0 fully saturated rings. The number of hydrogen-bond donors (Lipinski definition) is 2. The number of alkyl halides is 3. The first-order valence-electron chi connectivity index (χ1n) is 9.92. The maximum Gasteiger partial charge on any atom is 0.453 e. The predicted octanol–water partition coefficient (Wildman–Crippen LogP) is 4.90. The summed E-state index contributed by atoms with van der Waals surface area (Å²) >= 11 is 5.91. The molecule has 8 nitrogen and oxygen atoms in total. The first kappa shape index (κ1) is 23.4. The largest absolute Gasteiger partial charge is 0.493 e. The number of amides is 1. The highest BCUT2D eigenvalue weighted by molar-refractivity contribution is 6.30. The minimum Gasteiger partial charge on any atom is -0.493 e. The second-order valence-electron chi connectivity index (χ2n) is 7.34. The molecule has 0 unspecified atom stereocenters. The molecule has 2 N–H and O–H groups in total. The molecule has 0 spiro atoms. The molecule has 1 amide bonds. The Morgan fingerprint density at radius 2 is 1.79 bits per heavy atom. The molecule has 0 bridgehead atoms. The minimum atomic E-state index is -4.77. The number of fused-ring (bicyclic) bond motifs is 1. The SMILES string of the molecule is COc1ccc([C@@H]2C(C(=O)Nc3ccc(Cl)cc3)=C(C)Nc3nc(C(F)(F)F)nn32)cc1OC. The molecule has 1 aliphatic heterocycles. The fourth-order valence-corrected chi connectivity index (χ4v) is 3.75. The van der Waals surface area contributed by atoms with Gasteiger partial charge in [-0.1, -0.05) is 17.7 Å². The van der Waals surface area contributed by atoms with Crippen molar-refractivity contribution in [2.45, 2.75) is 19.1 Å². The van der Waals surface area contributed by atoms with E-state index in [0.29, 0.717) is 33.5 Å². The summed E-state index contributed by atoms with van der Waals surface area (Å²) < 4.78 is 51.8. The molecular formula is C22H19ClF3N5O3. The lowest BCUT2D eigenvalue weighted by Gasteiger charge is -2.29. The lowest BCUT2D eigenvalue weighted by Crippen LogP contribution is -2.31. The van der Waals surface area contributed by atoms with Gasteiger partial charge in [-0.3, -0.25) is 4.79 Å². The van der Waals surface area contributed by atoms with Crippen LogP contribution in [0, 0.1) is 0 Å².